The van der Waals surface area contributed by atoms with E-state index in [4.69, 9.17) is 0 Å². The molecule has 2 rings (SSSR count). The lowest BCUT2D eigenvalue weighted by Gasteiger charge is -2.18. The van der Waals surface area contributed by atoms with E-state index in [9.17, 15) is 15.2 Å². The normalized spacial score (nSPS) is 21.5. The Kier molecular flexibility index (Phi) is 4.54. The van der Waals surface area contributed by atoms with E-state index in [1.54, 1.807) is 6.07 Å². The second-order valence-corrected chi connectivity index (χ2v) is 5.91. The number of non-ortho nitro benzene ring substituents is 1. The van der Waals surface area contributed by atoms with Crippen LogP contribution < -0.4 is 0 Å². The standard InChI is InChI=1S/C13H17BrN2O3/c1-9(17)10-4-5-15(7-10)8-11-2-3-12(16(18)19)6-13(11)14/h2-3,6,9-10,17H,4-5,7-8H2,1H3. The highest BCUT2D eigenvalue weighted by Gasteiger charge is 2.26. The number of halogens is 1. The maximum absolute atomic E-state index is 10.7. The molecule has 1 fully saturated rings. The highest BCUT2D eigenvalue weighted by molar-refractivity contribution is 9.10. The van der Waals surface area contributed by atoms with Crippen LogP contribution in [-0.2, 0) is 6.54 Å². The Labute approximate surface area is 120 Å². The first-order chi connectivity index (χ1) is 8.97. The van der Waals surface area contributed by atoms with Crippen molar-refractivity contribution in [3.05, 3.63) is 38.3 Å². The van der Waals surface area contributed by atoms with Crippen LogP contribution in [0.3, 0.4) is 0 Å². The number of likely N-dealkylation sites (tertiary alicyclic amines) is 1. The summed E-state index contributed by atoms with van der Waals surface area (Å²) in [5.41, 5.74) is 1.13. The molecule has 1 saturated heterocycles. The van der Waals surface area contributed by atoms with Crippen LogP contribution in [0.1, 0.15) is 18.9 Å². The van der Waals surface area contributed by atoms with Gasteiger partial charge in [0.15, 0.2) is 0 Å². The molecule has 5 nitrogen and oxygen atoms in total. The van der Waals surface area contributed by atoms with Crippen molar-refractivity contribution in [2.75, 3.05) is 13.1 Å². The minimum atomic E-state index is -0.395. The molecule has 1 aliphatic rings. The molecule has 1 aliphatic heterocycles. The van der Waals surface area contributed by atoms with Crippen LogP contribution in [0, 0.1) is 16.0 Å². The lowest BCUT2D eigenvalue weighted by atomic mass is 10.0. The van der Waals surface area contributed by atoms with Crippen LogP contribution in [0.5, 0.6) is 0 Å². The van der Waals surface area contributed by atoms with Gasteiger partial charge in [-0.15, -0.1) is 0 Å². The van der Waals surface area contributed by atoms with Gasteiger partial charge in [0.25, 0.3) is 5.69 Å². The molecule has 0 spiro atoms. The van der Waals surface area contributed by atoms with Gasteiger partial charge in [-0.1, -0.05) is 15.9 Å². The molecule has 1 heterocycles. The maximum atomic E-state index is 10.7. The Morgan fingerprint density at radius 1 is 1.63 bits per heavy atom. The van der Waals surface area contributed by atoms with E-state index in [-0.39, 0.29) is 11.8 Å². The quantitative estimate of drug-likeness (QED) is 0.681. The van der Waals surface area contributed by atoms with Gasteiger partial charge in [0.05, 0.1) is 11.0 Å². The summed E-state index contributed by atoms with van der Waals surface area (Å²) in [5.74, 6) is 0.330. The van der Waals surface area contributed by atoms with E-state index in [1.165, 1.54) is 12.1 Å². The van der Waals surface area contributed by atoms with Crippen molar-refractivity contribution >= 4 is 21.6 Å². The fourth-order valence-electron chi connectivity index (χ4n) is 2.42. The first-order valence-corrected chi connectivity index (χ1v) is 7.10. The fraction of sp³-hybridized carbons (Fsp3) is 0.538. The summed E-state index contributed by atoms with van der Waals surface area (Å²) < 4.78 is 0.766. The molecule has 1 aromatic rings. The lowest BCUT2D eigenvalue weighted by Crippen LogP contribution is -2.24. The predicted molar refractivity (Wildman–Crippen MR) is 75.9 cm³/mol. The van der Waals surface area contributed by atoms with Gasteiger partial charge < -0.3 is 5.11 Å². The molecule has 19 heavy (non-hydrogen) atoms. The van der Waals surface area contributed by atoms with Crippen LogP contribution in [0.15, 0.2) is 22.7 Å². The second kappa shape index (κ2) is 5.98. The van der Waals surface area contributed by atoms with E-state index < -0.39 is 4.92 Å². The number of hydrogen-bond acceptors (Lipinski definition) is 4. The third-order valence-electron chi connectivity index (χ3n) is 3.63. The number of nitro groups is 1. The van der Waals surface area contributed by atoms with E-state index in [2.05, 4.69) is 20.8 Å². The Hall–Kier alpha value is -0.980. The molecule has 0 aliphatic carbocycles. The lowest BCUT2D eigenvalue weighted by molar-refractivity contribution is -0.384. The van der Waals surface area contributed by atoms with Gasteiger partial charge in [0.1, 0.15) is 0 Å². The summed E-state index contributed by atoms with van der Waals surface area (Å²) in [4.78, 5) is 12.5. The Morgan fingerprint density at radius 3 is 2.89 bits per heavy atom. The Balaban J connectivity index is 2.02. The first kappa shape index (κ1) is 14.4. The zero-order valence-corrected chi connectivity index (χ0v) is 12.3. The predicted octanol–water partition coefficient (Wildman–Crippen LogP) is 2.56. The van der Waals surface area contributed by atoms with Gasteiger partial charge in [0.2, 0.25) is 0 Å². The highest BCUT2D eigenvalue weighted by atomic mass is 79.9. The van der Waals surface area contributed by atoms with E-state index in [1.807, 2.05) is 6.92 Å². The van der Waals surface area contributed by atoms with Crippen molar-refractivity contribution in [1.29, 1.82) is 0 Å². The molecule has 104 valence electrons. The number of aliphatic hydroxyl groups excluding tert-OH is 1. The van der Waals surface area contributed by atoms with Crippen LogP contribution in [0.25, 0.3) is 0 Å². The molecule has 2 unspecified atom stereocenters. The van der Waals surface area contributed by atoms with Crippen molar-refractivity contribution in [3.63, 3.8) is 0 Å². The fourth-order valence-corrected chi connectivity index (χ4v) is 2.91. The van der Waals surface area contributed by atoms with Crippen molar-refractivity contribution in [2.45, 2.75) is 26.0 Å². The number of hydrogen-bond donors (Lipinski definition) is 1. The van der Waals surface area contributed by atoms with E-state index >= 15 is 0 Å². The van der Waals surface area contributed by atoms with Crippen LogP contribution in [-0.4, -0.2) is 34.1 Å². The van der Waals surface area contributed by atoms with Gasteiger partial charge in [-0.05, 0) is 37.4 Å². The summed E-state index contributed by atoms with van der Waals surface area (Å²) in [6, 6.07) is 4.86. The smallest absolute Gasteiger partial charge is 0.270 e. The van der Waals surface area contributed by atoms with E-state index in [0.717, 1.165) is 36.1 Å². The van der Waals surface area contributed by atoms with Crippen molar-refractivity contribution in [1.82, 2.24) is 4.90 Å². The summed E-state index contributed by atoms with van der Waals surface area (Å²) >= 11 is 3.39. The van der Waals surface area contributed by atoms with Crippen molar-refractivity contribution in [3.8, 4) is 0 Å². The molecule has 6 heteroatoms. The molecule has 1 N–H and O–H groups in total. The minimum Gasteiger partial charge on any atom is -0.393 e. The summed E-state index contributed by atoms with van der Waals surface area (Å²) in [5, 5.41) is 20.3. The maximum Gasteiger partial charge on any atom is 0.270 e. The van der Waals surface area contributed by atoms with Crippen LogP contribution in [0.4, 0.5) is 5.69 Å². The van der Waals surface area contributed by atoms with Crippen LogP contribution in [0.2, 0.25) is 0 Å². The average Bonchev–Trinajstić information content (AvgIpc) is 2.80. The molecule has 0 saturated carbocycles. The molecular formula is C13H17BrN2O3. The minimum absolute atomic E-state index is 0.0962. The SMILES string of the molecule is CC(O)C1CCN(Cc2ccc([N+](=O)[O-])cc2Br)C1. The molecule has 0 bridgehead atoms. The number of rotatable bonds is 4. The Morgan fingerprint density at radius 2 is 2.37 bits per heavy atom. The number of nitro benzene ring substituents is 1. The Bertz CT molecular complexity index is 479. The van der Waals surface area contributed by atoms with Crippen molar-refractivity contribution < 1.29 is 10.0 Å². The monoisotopic (exact) mass is 328 g/mol. The largest absolute Gasteiger partial charge is 0.393 e. The summed E-state index contributed by atoms with van der Waals surface area (Å²) in [7, 11) is 0. The zero-order chi connectivity index (χ0) is 14.0. The van der Waals surface area contributed by atoms with Gasteiger partial charge in [-0.3, -0.25) is 15.0 Å². The molecule has 0 aromatic heterocycles. The number of benzene rings is 1. The molecule has 0 amide bonds. The third kappa shape index (κ3) is 3.52. The van der Waals surface area contributed by atoms with Gasteiger partial charge in [-0.25, -0.2) is 0 Å². The summed E-state index contributed by atoms with van der Waals surface area (Å²) in [6.07, 6.45) is 0.729. The summed E-state index contributed by atoms with van der Waals surface area (Å²) in [6.45, 7) is 4.41. The molecular weight excluding hydrogens is 312 g/mol. The highest BCUT2D eigenvalue weighted by Crippen LogP contribution is 2.27. The molecule has 2 atom stereocenters. The van der Waals surface area contributed by atoms with Crippen LogP contribution >= 0.6 is 15.9 Å². The molecule has 1 aromatic carbocycles. The third-order valence-corrected chi connectivity index (χ3v) is 4.37. The van der Waals surface area contributed by atoms with Gasteiger partial charge >= 0.3 is 0 Å². The first-order valence-electron chi connectivity index (χ1n) is 6.30. The van der Waals surface area contributed by atoms with Gasteiger partial charge in [-0.2, -0.15) is 0 Å². The van der Waals surface area contributed by atoms with E-state index in [0.29, 0.717) is 5.92 Å². The number of nitrogens with zero attached hydrogens (tertiary/aromatic N) is 2. The van der Waals surface area contributed by atoms with Gasteiger partial charge in [0, 0.05) is 29.7 Å². The number of aliphatic hydroxyl groups is 1. The second-order valence-electron chi connectivity index (χ2n) is 5.06. The average molecular weight is 329 g/mol. The molecule has 0 radical (unpaired) electrons. The topological polar surface area (TPSA) is 66.6 Å². The zero-order valence-electron chi connectivity index (χ0n) is 10.8. The van der Waals surface area contributed by atoms with Crippen molar-refractivity contribution in [2.24, 2.45) is 5.92 Å².